The lowest BCUT2D eigenvalue weighted by molar-refractivity contribution is -0.150. The highest BCUT2D eigenvalue weighted by molar-refractivity contribution is 5.77. The lowest BCUT2D eigenvalue weighted by atomic mass is 10.0. The molecule has 0 aromatic heterocycles. The number of nitrogens with one attached hydrogen (secondary N) is 1. The monoisotopic (exact) mass is 866 g/mol. The molecule has 0 aromatic rings. The summed E-state index contributed by atoms with van der Waals surface area (Å²) in [7, 11) is 0. The molecule has 0 aliphatic heterocycles. The molecule has 0 saturated carbocycles. The Morgan fingerprint density at radius 1 is 0.500 bits per heavy atom. The zero-order chi connectivity index (χ0) is 45.2. The summed E-state index contributed by atoms with van der Waals surface area (Å²) < 4.78 is 5.84. The number of hydrogen-bond donors (Lipinski definition) is 3. The summed E-state index contributed by atoms with van der Waals surface area (Å²) in [5.41, 5.74) is 0. The molecule has 6 heteroatoms. The van der Waals surface area contributed by atoms with Gasteiger partial charge in [0.25, 0.3) is 0 Å². The summed E-state index contributed by atoms with van der Waals surface area (Å²) in [5.74, 6) is -0.609. The molecule has 0 fully saturated rings. The lowest BCUT2D eigenvalue weighted by Crippen LogP contribution is -2.46. The van der Waals surface area contributed by atoms with Crippen molar-refractivity contribution in [3.8, 4) is 0 Å². The van der Waals surface area contributed by atoms with E-state index in [-0.39, 0.29) is 24.9 Å². The summed E-state index contributed by atoms with van der Waals surface area (Å²) in [6, 6.07) is -0.741. The van der Waals surface area contributed by atoms with Crippen molar-refractivity contribution in [3.05, 3.63) is 72.9 Å². The summed E-state index contributed by atoms with van der Waals surface area (Å²) in [5, 5.41) is 23.7. The van der Waals surface area contributed by atoms with Gasteiger partial charge in [-0.2, -0.15) is 0 Å². The van der Waals surface area contributed by atoms with Gasteiger partial charge in [-0.1, -0.05) is 254 Å². The third-order valence-corrected chi connectivity index (χ3v) is 11.6. The molecule has 3 unspecified atom stereocenters. The fourth-order valence-corrected chi connectivity index (χ4v) is 7.68. The minimum absolute atomic E-state index is 0.0206. The van der Waals surface area contributed by atoms with Gasteiger partial charge in [0.15, 0.2) is 0 Å². The molecule has 0 aliphatic carbocycles. The number of esters is 1. The molecule has 0 aliphatic rings. The van der Waals surface area contributed by atoms with E-state index in [9.17, 15) is 19.8 Å². The maximum Gasteiger partial charge on any atom is 0.306 e. The first kappa shape index (κ1) is 59.3. The first-order chi connectivity index (χ1) is 30.5. The number of carbonyl (C=O) groups excluding carboxylic acids is 2. The number of aliphatic hydroxyl groups excluding tert-OH is 2. The Balaban J connectivity index is 4.58. The molecule has 1 amide bonds. The van der Waals surface area contributed by atoms with E-state index in [0.29, 0.717) is 19.3 Å². The van der Waals surface area contributed by atoms with Crippen LogP contribution in [0.15, 0.2) is 72.9 Å². The van der Waals surface area contributed by atoms with E-state index in [4.69, 9.17) is 4.74 Å². The predicted molar refractivity (Wildman–Crippen MR) is 268 cm³/mol. The summed E-state index contributed by atoms with van der Waals surface area (Å²) >= 11 is 0. The summed E-state index contributed by atoms with van der Waals surface area (Å²) in [6.07, 6.45) is 62.8. The lowest BCUT2D eigenvalue weighted by Gasteiger charge is -2.24. The molecule has 0 radical (unpaired) electrons. The smallest absolute Gasteiger partial charge is 0.306 e. The van der Waals surface area contributed by atoms with Gasteiger partial charge in [-0.3, -0.25) is 9.59 Å². The van der Waals surface area contributed by atoms with Gasteiger partial charge in [0.2, 0.25) is 5.91 Å². The van der Waals surface area contributed by atoms with Crippen LogP contribution in [0.2, 0.25) is 0 Å². The van der Waals surface area contributed by atoms with Gasteiger partial charge < -0.3 is 20.3 Å². The Morgan fingerprint density at radius 3 is 1.35 bits per heavy atom. The minimum atomic E-state index is -0.819. The van der Waals surface area contributed by atoms with Crippen LogP contribution >= 0.6 is 0 Å². The second-order valence-electron chi connectivity index (χ2n) is 17.7. The molecule has 0 saturated heterocycles. The number of ether oxygens (including phenoxy) is 1. The molecule has 0 bridgehead atoms. The molecular formula is C56H99NO5. The first-order valence-corrected chi connectivity index (χ1v) is 26.2. The molecule has 0 heterocycles. The van der Waals surface area contributed by atoms with Crippen LogP contribution in [0.25, 0.3) is 0 Å². The number of aliphatic hydroxyl groups is 2. The third kappa shape index (κ3) is 43.9. The van der Waals surface area contributed by atoms with Crippen molar-refractivity contribution in [2.45, 2.75) is 264 Å². The van der Waals surface area contributed by atoms with E-state index in [1.165, 1.54) is 154 Å². The van der Waals surface area contributed by atoms with Crippen molar-refractivity contribution >= 4 is 11.9 Å². The SMILES string of the molecule is CC/C=C/C=C/C=C\C=C/C=C/CC(CC(=O)NC(CO)C(O)CCCCCCCCCCCCCCC)OC(=O)CCCCCCCCCCC/C=C/CCCCCCCC. The zero-order valence-electron chi connectivity index (χ0n) is 40.7. The van der Waals surface area contributed by atoms with Gasteiger partial charge >= 0.3 is 5.97 Å². The van der Waals surface area contributed by atoms with Crippen LogP contribution in [0.3, 0.4) is 0 Å². The Hall–Kier alpha value is -2.70. The van der Waals surface area contributed by atoms with E-state index in [2.05, 4.69) is 44.3 Å². The molecule has 3 atom stereocenters. The van der Waals surface area contributed by atoms with Crippen LogP contribution in [0, 0.1) is 0 Å². The fraction of sp³-hybridized carbons (Fsp3) is 0.750. The first-order valence-electron chi connectivity index (χ1n) is 26.2. The van der Waals surface area contributed by atoms with Crippen LogP contribution in [0.1, 0.15) is 245 Å². The van der Waals surface area contributed by atoms with Crippen molar-refractivity contribution in [1.29, 1.82) is 0 Å². The van der Waals surface area contributed by atoms with Crippen molar-refractivity contribution in [3.63, 3.8) is 0 Å². The van der Waals surface area contributed by atoms with Gasteiger partial charge in [0.05, 0.1) is 25.2 Å². The van der Waals surface area contributed by atoms with Gasteiger partial charge in [0, 0.05) is 12.8 Å². The van der Waals surface area contributed by atoms with Crippen LogP contribution in [-0.2, 0) is 14.3 Å². The number of carbonyl (C=O) groups is 2. The van der Waals surface area contributed by atoms with Gasteiger partial charge in [-0.25, -0.2) is 0 Å². The van der Waals surface area contributed by atoms with E-state index in [0.717, 1.165) is 44.9 Å². The minimum Gasteiger partial charge on any atom is -0.461 e. The predicted octanol–water partition coefficient (Wildman–Crippen LogP) is 15.8. The molecule has 0 spiro atoms. The largest absolute Gasteiger partial charge is 0.461 e. The number of unbranched alkanes of at least 4 members (excludes halogenated alkanes) is 27. The Bertz CT molecular complexity index is 1150. The number of allylic oxidation sites excluding steroid dienone is 11. The molecule has 0 aromatic carbocycles. The third-order valence-electron chi connectivity index (χ3n) is 11.6. The quantitative estimate of drug-likeness (QED) is 0.0245. The zero-order valence-corrected chi connectivity index (χ0v) is 40.7. The Morgan fingerprint density at radius 2 is 0.903 bits per heavy atom. The van der Waals surface area contributed by atoms with Gasteiger partial charge in [-0.15, -0.1) is 0 Å². The molecular weight excluding hydrogens is 767 g/mol. The second-order valence-corrected chi connectivity index (χ2v) is 17.7. The Kier molecular flexibility index (Phi) is 47.2. The number of amides is 1. The van der Waals surface area contributed by atoms with Crippen LogP contribution in [-0.4, -0.2) is 46.9 Å². The molecule has 62 heavy (non-hydrogen) atoms. The second kappa shape index (κ2) is 49.3. The molecule has 3 N–H and O–H groups in total. The van der Waals surface area contributed by atoms with E-state index >= 15 is 0 Å². The van der Waals surface area contributed by atoms with Crippen molar-refractivity contribution in [2.24, 2.45) is 0 Å². The fourth-order valence-electron chi connectivity index (χ4n) is 7.68. The van der Waals surface area contributed by atoms with E-state index in [1.54, 1.807) is 0 Å². The molecule has 6 nitrogen and oxygen atoms in total. The van der Waals surface area contributed by atoms with Crippen LogP contribution in [0.5, 0.6) is 0 Å². The van der Waals surface area contributed by atoms with E-state index < -0.39 is 18.2 Å². The Labute approximate surface area is 383 Å². The van der Waals surface area contributed by atoms with Crippen molar-refractivity contribution in [2.75, 3.05) is 6.61 Å². The molecule has 0 rings (SSSR count). The summed E-state index contributed by atoms with van der Waals surface area (Å²) in [4.78, 5) is 26.1. The van der Waals surface area contributed by atoms with Gasteiger partial charge in [0.1, 0.15) is 6.10 Å². The van der Waals surface area contributed by atoms with E-state index in [1.807, 2.05) is 54.7 Å². The van der Waals surface area contributed by atoms with Crippen molar-refractivity contribution in [1.82, 2.24) is 5.32 Å². The average Bonchev–Trinajstić information content (AvgIpc) is 3.26. The number of rotatable bonds is 46. The highest BCUT2D eigenvalue weighted by Crippen LogP contribution is 2.17. The molecule has 358 valence electrons. The average molecular weight is 866 g/mol. The van der Waals surface area contributed by atoms with Gasteiger partial charge in [-0.05, 0) is 44.9 Å². The van der Waals surface area contributed by atoms with Crippen LogP contribution < -0.4 is 5.32 Å². The maximum absolute atomic E-state index is 13.2. The van der Waals surface area contributed by atoms with Crippen molar-refractivity contribution < 1.29 is 24.5 Å². The highest BCUT2D eigenvalue weighted by Gasteiger charge is 2.23. The summed E-state index contributed by atoms with van der Waals surface area (Å²) in [6.45, 7) is 6.30. The standard InChI is InChI=1S/C56H99NO5/c1-4-7-10-13-16-19-22-24-25-26-27-28-29-31-34-37-40-43-46-49-56(61)62-52(47-44-41-38-35-32-21-18-15-12-9-6-3)50-55(60)57-53(51-58)54(59)48-45-42-39-36-33-30-23-20-17-14-11-8-5-2/h9,12,15,18,21,24-25,32,35,38,41,44,52-54,58-59H,4-8,10-11,13-14,16-17,19-20,22-23,26-31,33-34,36-37,39-40,42-43,45-51H2,1-3H3,(H,57,60)/b12-9+,18-15+,25-24+,32-21-,38-35-,44-41+. The topological polar surface area (TPSA) is 95.9 Å². The maximum atomic E-state index is 13.2. The van der Waals surface area contributed by atoms with Crippen LogP contribution in [0.4, 0.5) is 0 Å². The highest BCUT2D eigenvalue weighted by atomic mass is 16.5. The number of hydrogen-bond acceptors (Lipinski definition) is 5. The normalized spacial score (nSPS) is 13.8.